The number of aryl methyl sites for hydroxylation is 1. The molecular weight excluding hydrogens is 144 g/mol. The molecule has 0 spiro atoms. The SMILES string of the molecule is CCc1nnnn1CCOC. The van der Waals surface area contributed by atoms with Gasteiger partial charge in [0, 0.05) is 13.5 Å². The Morgan fingerprint density at radius 3 is 3.00 bits per heavy atom. The maximum absolute atomic E-state index is 4.90. The fourth-order valence-electron chi connectivity index (χ4n) is 0.828. The van der Waals surface area contributed by atoms with Gasteiger partial charge in [0.15, 0.2) is 5.82 Å². The number of hydrogen-bond donors (Lipinski definition) is 0. The van der Waals surface area contributed by atoms with Gasteiger partial charge < -0.3 is 4.74 Å². The first-order valence-electron chi connectivity index (χ1n) is 3.62. The Morgan fingerprint density at radius 2 is 2.36 bits per heavy atom. The van der Waals surface area contributed by atoms with Crippen LogP contribution in [0.4, 0.5) is 0 Å². The zero-order valence-electron chi connectivity index (χ0n) is 6.82. The van der Waals surface area contributed by atoms with Gasteiger partial charge in [-0.05, 0) is 10.4 Å². The molecule has 1 aromatic heterocycles. The minimum atomic E-state index is 0.651. The lowest BCUT2D eigenvalue weighted by molar-refractivity contribution is 0.182. The van der Waals surface area contributed by atoms with Gasteiger partial charge in [0.05, 0.1) is 13.2 Å². The molecule has 0 atom stereocenters. The van der Waals surface area contributed by atoms with Crippen molar-refractivity contribution in [2.45, 2.75) is 19.9 Å². The highest BCUT2D eigenvalue weighted by molar-refractivity contribution is 4.78. The average Bonchev–Trinajstić information content (AvgIpc) is 2.47. The highest BCUT2D eigenvalue weighted by atomic mass is 16.5. The van der Waals surface area contributed by atoms with Gasteiger partial charge in [0.2, 0.25) is 0 Å². The number of rotatable bonds is 4. The minimum absolute atomic E-state index is 0.651. The van der Waals surface area contributed by atoms with Crippen molar-refractivity contribution in [2.75, 3.05) is 13.7 Å². The summed E-state index contributed by atoms with van der Waals surface area (Å²) in [6, 6.07) is 0. The van der Waals surface area contributed by atoms with Crippen molar-refractivity contribution in [3.8, 4) is 0 Å². The van der Waals surface area contributed by atoms with Gasteiger partial charge in [-0.25, -0.2) is 4.68 Å². The third-order valence-corrected chi connectivity index (χ3v) is 1.43. The van der Waals surface area contributed by atoms with E-state index in [1.165, 1.54) is 0 Å². The Kier molecular flexibility index (Phi) is 2.97. The van der Waals surface area contributed by atoms with Crippen molar-refractivity contribution in [3.05, 3.63) is 5.82 Å². The number of tetrazole rings is 1. The number of hydrogen-bond acceptors (Lipinski definition) is 4. The van der Waals surface area contributed by atoms with Crippen LogP contribution < -0.4 is 0 Å². The lowest BCUT2D eigenvalue weighted by Gasteiger charge is -2.00. The van der Waals surface area contributed by atoms with Crippen molar-refractivity contribution in [2.24, 2.45) is 0 Å². The van der Waals surface area contributed by atoms with E-state index in [1.54, 1.807) is 11.8 Å². The summed E-state index contributed by atoms with van der Waals surface area (Å²) in [7, 11) is 1.66. The summed E-state index contributed by atoms with van der Waals surface area (Å²) in [6.45, 7) is 3.40. The molecule has 0 amide bonds. The highest BCUT2D eigenvalue weighted by Crippen LogP contribution is 1.91. The summed E-state index contributed by atoms with van der Waals surface area (Å²) in [5.74, 6) is 0.905. The fourth-order valence-corrected chi connectivity index (χ4v) is 0.828. The minimum Gasteiger partial charge on any atom is -0.383 e. The number of nitrogens with zero attached hydrogens (tertiary/aromatic N) is 4. The van der Waals surface area contributed by atoms with E-state index in [-0.39, 0.29) is 0 Å². The number of ether oxygens (including phenoxy) is 1. The van der Waals surface area contributed by atoms with E-state index in [0.717, 1.165) is 18.8 Å². The Labute approximate surface area is 65.4 Å². The molecule has 0 saturated heterocycles. The van der Waals surface area contributed by atoms with Crippen LogP contribution in [0.3, 0.4) is 0 Å². The van der Waals surface area contributed by atoms with Crippen molar-refractivity contribution in [1.82, 2.24) is 20.2 Å². The summed E-state index contributed by atoms with van der Waals surface area (Å²) in [6.07, 6.45) is 0.858. The molecule has 62 valence electrons. The van der Waals surface area contributed by atoms with Crippen LogP contribution in [-0.4, -0.2) is 33.9 Å². The summed E-state index contributed by atoms with van der Waals surface area (Å²) in [5.41, 5.74) is 0. The monoisotopic (exact) mass is 156 g/mol. The van der Waals surface area contributed by atoms with Crippen molar-refractivity contribution >= 4 is 0 Å². The smallest absolute Gasteiger partial charge is 0.151 e. The fraction of sp³-hybridized carbons (Fsp3) is 0.833. The van der Waals surface area contributed by atoms with Crippen LogP contribution in [0.5, 0.6) is 0 Å². The normalized spacial score (nSPS) is 10.4. The molecular formula is C6H12N4O. The van der Waals surface area contributed by atoms with E-state index in [0.29, 0.717) is 6.61 Å². The van der Waals surface area contributed by atoms with Gasteiger partial charge in [-0.2, -0.15) is 0 Å². The van der Waals surface area contributed by atoms with Crippen LogP contribution >= 0.6 is 0 Å². The molecule has 0 radical (unpaired) electrons. The van der Waals surface area contributed by atoms with E-state index in [1.807, 2.05) is 6.92 Å². The van der Waals surface area contributed by atoms with E-state index >= 15 is 0 Å². The molecule has 5 nitrogen and oxygen atoms in total. The highest BCUT2D eigenvalue weighted by Gasteiger charge is 2.00. The van der Waals surface area contributed by atoms with Gasteiger partial charge in [-0.15, -0.1) is 5.10 Å². The summed E-state index contributed by atoms with van der Waals surface area (Å²) < 4.78 is 6.65. The van der Waals surface area contributed by atoms with E-state index in [9.17, 15) is 0 Å². The first-order valence-corrected chi connectivity index (χ1v) is 3.62. The molecule has 0 aromatic carbocycles. The summed E-state index contributed by atoms with van der Waals surface area (Å²) >= 11 is 0. The van der Waals surface area contributed by atoms with Gasteiger partial charge in [-0.1, -0.05) is 6.92 Å². The maximum atomic E-state index is 4.90. The van der Waals surface area contributed by atoms with Crippen LogP contribution in [0, 0.1) is 0 Å². The molecule has 0 fully saturated rings. The number of methoxy groups -OCH3 is 1. The van der Waals surface area contributed by atoms with Crippen LogP contribution in [0.2, 0.25) is 0 Å². The average molecular weight is 156 g/mol. The molecule has 0 aliphatic rings. The van der Waals surface area contributed by atoms with Crippen LogP contribution in [0.1, 0.15) is 12.7 Å². The van der Waals surface area contributed by atoms with Gasteiger partial charge in [0.1, 0.15) is 0 Å². The molecule has 1 heterocycles. The van der Waals surface area contributed by atoms with Crippen molar-refractivity contribution in [1.29, 1.82) is 0 Å². The molecule has 5 heteroatoms. The Hall–Kier alpha value is -0.970. The molecule has 1 rings (SSSR count). The lowest BCUT2D eigenvalue weighted by atomic mass is 10.4. The van der Waals surface area contributed by atoms with E-state index in [4.69, 9.17) is 4.74 Å². The lowest BCUT2D eigenvalue weighted by Crippen LogP contribution is -2.09. The largest absolute Gasteiger partial charge is 0.383 e. The molecule has 11 heavy (non-hydrogen) atoms. The standard InChI is InChI=1S/C6H12N4O/c1-3-6-7-8-9-10(6)4-5-11-2/h3-5H2,1-2H3. The topological polar surface area (TPSA) is 52.8 Å². The third kappa shape index (κ3) is 1.98. The maximum Gasteiger partial charge on any atom is 0.151 e. The van der Waals surface area contributed by atoms with Gasteiger partial charge >= 0.3 is 0 Å². The van der Waals surface area contributed by atoms with Gasteiger partial charge in [-0.3, -0.25) is 0 Å². The van der Waals surface area contributed by atoms with E-state index < -0.39 is 0 Å². The Morgan fingerprint density at radius 1 is 1.55 bits per heavy atom. The predicted octanol–water partition coefficient (Wildman–Crippen LogP) is -0.118. The van der Waals surface area contributed by atoms with Crippen LogP contribution in [0.25, 0.3) is 0 Å². The van der Waals surface area contributed by atoms with Crippen molar-refractivity contribution < 1.29 is 4.74 Å². The summed E-state index contributed by atoms with van der Waals surface area (Å²) in [5, 5.41) is 11.2. The van der Waals surface area contributed by atoms with E-state index in [2.05, 4.69) is 15.5 Å². The first kappa shape index (κ1) is 8.13. The third-order valence-electron chi connectivity index (χ3n) is 1.43. The molecule has 0 aliphatic carbocycles. The second-order valence-electron chi connectivity index (χ2n) is 2.16. The molecule has 1 aromatic rings. The molecule has 0 N–H and O–H groups in total. The van der Waals surface area contributed by atoms with Gasteiger partial charge in [0.25, 0.3) is 0 Å². The number of aromatic nitrogens is 4. The molecule has 0 unspecified atom stereocenters. The second kappa shape index (κ2) is 4.02. The van der Waals surface area contributed by atoms with Crippen molar-refractivity contribution in [3.63, 3.8) is 0 Å². The van der Waals surface area contributed by atoms with Crippen LogP contribution in [-0.2, 0) is 17.7 Å². The predicted molar refractivity (Wildman–Crippen MR) is 39.1 cm³/mol. The molecule has 0 bridgehead atoms. The second-order valence-corrected chi connectivity index (χ2v) is 2.16. The summed E-state index contributed by atoms with van der Waals surface area (Å²) in [4.78, 5) is 0. The quantitative estimate of drug-likeness (QED) is 0.610. The first-order chi connectivity index (χ1) is 5.38. The zero-order chi connectivity index (χ0) is 8.10. The molecule has 0 saturated carbocycles. The Balaban J connectivity index is 2.54. The Bertz CT molecular complexity index is 210. The van der Waals surface area contributed by atoms with Crippen LogP contribution in [0.15, 0.2) is 0 Å². The molecule has 0 aliphatic heterocycles. The zero-order valence-corrected chi connectivity index (χ0v) is 6.82.